The van der Waals surface area contributed by atoms with E-state index in [9.17, 15) is 0 Å². The number of aryl methyl sites for hydroxylation is 1. The third kappa shape index (κ3) is 3.73. The summed E-state index contributed by atoms with van der Waals surface area (Å²) in [5, 5.41) is 0. The van der Waals surface area contributed by atoms with Crippen molar-refractivity contribution in [1.29, 1.82) is 0 Å². The van der Waals surface area contributed by atoms with Crippen LogP contribution in [0.5, 0.6) is 0 Å². The van der Waals surface area contributed by atoms with Crippen LogP contribution in [0.2, 0.25) is 0 Å². The Morgan fingerprint density at radius 2 is 1.55 bits per heavy atom. The zero-order valence-corrected chi connectivity index (χ0v) is 15.3. The quantitative estimate of drug-likeness (QED) is 0.502. The number of halogens is 2. The molecule has 0 aliphatic heterocycles. The molecule has 2 unspecified atom stereocenters. The highest BCUT2D eigenvalue weighted by molar-refractivity contribution is 9.10. The molecule has 2 atom stereocenters. The van der Waals surface area contributed by atoms with Gasteiger partial charge < -0.3 is 0 Å². The van der Waals surface area contributed by atoms with Crippen LogP contribution in [-0.4, -0.2) is 0 Å². The average molecular weight is 396 g/mol. The number of alkyl halides is 1. The van der Waals surface area contributed by atoms with Gasteiger partial charge in [0.05, 0.1) is 4.83 Å². The Morgan fingerprint density at radius 1 is 0.950 bits per heavy atom. The normalized spacial score (nSPS) is 14.1. The van der Waals surface area contributed by atoms with E-state index in [-0.39, 0.29) is 4.83 Å². The zero-order valence-electron chi connectivity index (χ0n) is 12.2. The van der Waals surface area contributed by atoms with Crippen LogP contribution in [-0.2, 0) is 0 Å². The summed E-state index contributed by atoms with van der Waals surface area (Å²) in [5.74, 6) is 0.630. The van der Waals surface area contributed by atoms with E-state index in [0.717, 1.165) is 4.47 Å². The maximum absolute atomic E-state index is 3.82. The Labute approximate surface area is 138 Å². The molecule has 0 bridgehead atoms. The van der Waals surface area contributed by atoms with Crippen LogP contribution in [0, 0.1) is 6.92 Å². The highest BCUT2D eigenvalue weighted by atomic mass is 79.9. The molecule has 2 aromatic rings. The smallest absolute Gasteiger partial charge is 0.0645 e. The van der Waals surface area contributed by atoms with Crippen molar-refractivity contribution in [2.24, 2.45) is 0 Å². The SMILES string of the molecule is CCC(C)c1ccc(C(Br)c2cc(C)cc(Br)c2)cc1. The van der Waals surface area contributed by atoms with Crippen molar-refractivity contribution in [3.05, 3.63) is 69.2 Å². The van der Waals surface area contributed by atoms with Crippen molar-refractivity contribution in [3.63, 3.8) is 0 Å². The molecule has 0 radical (unpaired) electrons. The Hall–Kier alpha value is -0.600. The van der Waals surface area contributed by atoms with Crippen molar-refractivity contribution < 1.29 is 0 Å². The van der Waals surface area contributed by atoms with Crippen molar-refractivity contribution in [2.75, 3.05) is 0 Å². The number of hydrogen-bond acceptors (Lipinski definition) is 0. The third-order valence-electron chi connectivity index (χ3n) is 3.77. The van der Waals surface area contributed by atoms with E-state index >= 15 is 0 Å². The van der Waals surface area contributed by atoms with Crippen LogP contribution in [0.15, 0.2) is 46.9 Å². The van der Waals surface area contributed by atoms with E-state index in [1.807, 2.05) is 0 Å². The fourth-order valence-electron chi connectivity index (χ4n) is 2.33. The molecule has 2 heteroatoms. The fraction of sp³-hybridized carbons (Fsp3) is 0.333. The van der Waals surface area contributed by atoms with Crippen LogP contribution >= 0.6 is 31.9 Å². The van der Waals surface area contributed by atoms with E-state index in [1.165, 1.54) is 28.7 Å². The summed E-state index contributed by atoms with van der Waals surface area (Å²) in [6, 6.07) is 15.5. The standard InChI is InChI=1S/C18H20Br2/c1-4-13(3)14-5-7-15(8-6-14)18(20)16-9-12(2)10-17(19)11-16/h5-11,13,18H,4H2,1-3H3. The second-order valence-electron chi connectivity index (χ2n) is 5.40. The van der Waals surface area contributed by atoms with Crippen LogP contribution in [0.3, 0.4) is 0 Å². The minimum absolute atomic E-state index is 0.240. The Bertz CT molecular complexity index is 552. The molecule has 0 amide bonds. The zero-order chi connectivity index (χ0) is 14.7. The molecular weight excluding hydrogens is 376 g/mol. The highest BCUT2D eigenvalue weighted by Crippen LogP contribution is 2.33. The van der Waals surface area contributed by atoms with Gasteiger partial charge in [-0.2, -0.15) is 0 Å². The first kappa shape index (κ1) is 15.8. The Kier molecular flexibility index (Phi) is 5.45. The predicted octanol–water partition coefficient (Wildman–Crippen LogP) is 6.76. The Morgan fingerprint density at radius 3 is 2.10 bits per heavy atom. The molecule has 20 heavy (non-hydrogen) atoms. The lowest BCUT2D eigenvalue weighted by atomic mass is 9.96. The van der Waals surface area contributed by atoms with Gasteiger partial charge in [0, 0.05) is 4.47 Å². The van der Waals surface area contributed by atoms with Crippen molar-refractivity contribution in [3.8, 4) is 0 Å². The molecular formula is C18H20Br2. The summed E-state index contributed by atoms with van der Waals surface area (Å²) < 4.78 is 1.13. The molecule has 2 aromatic carbocycles. The summed E-state index contributed by atoms with van der Waals surface area (Å²) in [5.41, 5.74) is 5.28. The van der Waals surface area contributed by atoms with Crippen LogP contribution in [0.4, 0.5) is 0 Å². The lowest BCUT2D eigenvalue weighted by Crippen LogP contribution is -1.96. The third-order valence-corrected chi connectivity index (χ3v) is 5.28. The average Bonchev–Trinajstić information content (AvgIpc) is 2.45. The predicted molar refractivity (Wildman–Crippen MR) is 94.8 cm³/mol. The minimum atomic E-state index is 0.240. The lowest BCUT2D eigenvalue weighted by molar-refractivity contribution is 0.733. The van der Waals surface area contributed by atoms with Crippen molar-refractivity contribution in [2.45, 2.75) is 37.9 Å². The molecule has 0 aromatic heterocycles. The summed E-state index contributed by atoms with van der Waals surface area (Å²) >= 11 is 7.39. The molecule has 0 fully saturated rings. The largest absolute Gasteiger partial charge is 0.0786 e. The molecule has 0 nitrogen and oxygen atoms in total. The summed E-state index contributed by atoms with van der Waals surface area (Å²) in [7, 11) is 0. The highest BCUT2D eigenvalue weighted by Gasteiger charge is 2.12. The second-order valence-corrected chi connectivity index (χ2v) is 7.23. The first-order valence-electron chi connectivity index (χ1n) is 7.02. The molecule has 0 aliphatic rings. The van der Waals surface area contributed by atoms with E-state index < -0.39 is 0 Å². The summed E-state index contributed by atoms with van der Waals surface area (Å²) in [4.78, 5) is 0.240. The molecule has 0 saturated heterocycles. The number of rotatable bonds is 4. The molecule has 0 saturated carbocycles. The van der Waals surface area contributed by atoms with Gasteiger partial charge in [-0.15, -0.1) is 0 Å². The maximum Gasteiger partial charge on any atom is 0.0645 e. The van der Waals surface area contributed by atoms with Crippen LogP contribution < -0.4 is 0 Å². The van der Waals surface area contributed by atoms with Crippen molar-refractivity contribution >= 4 is 31.9 Å². The molecule has 0 spiro atoms. The van der Waals surface area contributed by atoms with Gasteiger partial charge in [-0.25, -0.2) is 0 Å². The summed E-state index contributed by atoms with van der Waals surface area (Å²) in [6.07, 6.45) is 1.18. The Balaban J connectivity index is 2.26. The van der Waals surface area contributed by atoms with E-state index in [2.05, 4.69) is 95.1 Å². The topological polar surface area (TPSA) is 0 Å². The van der Waals surface area contributed by atoms with Crippen LogP contribution in [0.25, 0.3) is 0 Å². The van der Waals surface area contributed by atoms with E-state index in [0.29, 0.717) is 5.92 Å². The summed E-state index contributed by atoms with van der Waals surface area (Å²) in [6.45, 7) is 6.63. The molecule has 2 rings (SSSR count). The molecule has 0 heterocycles. The first-order chi connectivity index (χ1) is 9.51. The number of hydrogen-bond donors (Lipinski definition) is 0. The second kappa shape index (κ2) is 6.91. The monoisotopic (exact) mass is 394 g/mol. The molecule has 0 N–H and O–H groups in total. The van der Waals surface area contributed by atoms with Crippen LogP contribution in [0.1, 0.15) is 53.3 Å². The van der Waals surface area contributed by atoms with Gasteiger partial charge in [0.25, 0.3) is 0 Å². The number of benzene rings is 2. The minimum Gasteiger partial charge on any atom is -0.0786 e. The maximum atomic E-state index is 3.82. The molecule has 106 valence electrons. The first-order valence-corrected chi connectivity index (χ1v) is 8.73. The fourth-order valence-corrected chi connectivity index (χ4v) is 3.53. The lowest BCUT2D eigenvalue weighted by Gasteiger charge is -2.14. The van der Waals surface area contributed by atoms with E-state index in [4.69, 9.17) is 0 Å². The van der Waals surface area contributed by atoms with E-state index in [1.54, 1.807) is 0 Å². The van der Waals surface area contributed by atoms with Gasteiger partial charge in [0.1, 0.15) is 0 Å². The van der Waals surface area contributed by atoms with Gasteiger partial charge in [0.15, 0.2) is 0 Å². The van der Waals surface area contributed by atoms with Gasteiger partial charge in [0.2, 0.25) is 0 Å². The van der Waals surface area contributed by atoms with Gasteiger partial charge >= 0.3 is 0 Å². The van der Waals surface area contributed by atoms with Gasteiger partial charge in [-0.05, 0) is 53.6 Å². The van der Waals surface area contributed by atoms with Gasteiger partial charge in [-0.3, -0.25) is 0 Å². The van der Waals surface area contributed by atoms with Gasteiger partial charge in [-0.1, -0.05) is 76.0 Å². The molecule has 0 aliphatic carbocycles. The van der Waals surface area contributed by atoms with Crippen molar-refractivity contribution in [1.82, 2.24) is 0 Å².